The minimum atomic E-state index is -0.936. The van der Waals surface area contributed by atoms with E-state index in [1.165, 1.54) is 4.90 Å². The number of likely N-dealkylation sites (tertiary alicyclic amines) is 1. The fraction of sp³-hybridized carbons (Fsp3) is 0.429. The van der Waals surface area contributed by atoms with E-state index in [-0.39, 0.29) is 18.9 Å². The monoisotopic (exact) mass is 297 g/mol. The van der Waals surface area contributed by atoms with Gasteiger partial charge in [-0.3, -0.25) is 4.79 Å². The summed E-state index contributed by atoms with van der Waals surface area (Å²) in [5, 5.41) is 9.64. The van der Waals surface area contributed by atoms with Crippen LogP contribution in [0.3, 0.4) is 0 Å². The molecule has 1 aromatic carbocycles. The lowest BCUT2D eigenvalue weighted by Gasteiger charge is -2.21. The van der Waals surface area contributed by atoms with Crippen molar-refractivity contribution in [2.75, 3.05) is 13.2 Å². The van der Waals surface area contributed by atoms with E-state index in [1.54, 1.807) is 24.3 Å². The number of amides is 1. The van der Waals surface area contributed by atoms with Crippen molar-refractivity contribution in [1.82, 2.24) is 4.90 Å². The number of nitrogens with zero attached hydrogens (tertiary/aromatic N) is 1. The molecule has 0 spiro atoms. The van der Waals surface area contributed by atoms with Crippen LogP contribution >= 0.6 is 11.6 Å². The molecule has 0 bridgehead atoms. The molecule has 6 heteroatoms. The van der Waals surface area contributed by atoms with E-state index >= 15 is 0 Å². The number of rotatable bonds is 5. The maximum atomic E-state index is 12.0. The van der Waals surface area contributed by atoms with Gasteiger partial charge >= 0.3 is 5.97 Å². The number of carbonyl (C=O) groups excluding carboxylic acids is 1. The van der Waals surface area contributed by atoms with Gasteiger partial charge in [0.25, 0.3) is 0 Å². The average molecular weight is 298 g/mol. The zero-order valence-corrected chi connectivity index (χ0v) is 11.7. The van der Waals surface area contributed by atoms with E-state index < -0.39 is 12.0 Å². The van der Waals surface area contributed by atoms with Gasteiger partial charge in [-0.05, 0) is 37.1 Å². The average Bonchev–Trinajstić information content (AvgIpc) is 2.90. The predicted molar refractivity (Wildman–Crippen MR) is 73.9 cm³/mol. The van der Waals surface area contributed by atoms with E-state index in [9.17, 15) is 9.59 Å². The largest absolute Gasteiger partial charge is 0.493 e. The van der Waals surface area contributed by atoms with Crippen molar-refractivity contribution in [3.8, 4) is 5.75 Å². The quantitative estimate of drug-likeness (QED) is 0.904. The molecule has 0 radical (unpaired) electrons. The summed E-state index contributed by atoms with van der Waals surface area (Å²) in [5.41, 5.74) is 0. The van der Waals surface area contributed by atoms with Gasteiger partial charge in [0, 0.05) is 11.6 Å². The third kappa shape index (κ3) is 3.63. The molecule has 1 aromatic rings. The number of ether oxygens (including phenoxy) is 1. The summed E-state index contributed by atoms with van der Waals surface area (Å²) in [6.07, 6.45) is 1.44. The molecule has 1 heterocycles. The molecule has 1 fully saturated rings. The van der Waals surface area contributed by atoms with Crippen LogP contribution in [-0.2, 0) is 9.59 Å². The highest BCUT2D eigenvalue weighted by atomic mass is 35.5. The molecule has 1 atom stereocenters. The Labute approximate surface area is 122 Å². The molecular formula is C14H16ClNO4. The Morgan fingerprint density at radius 2 is 2.05 bits per heavy atom. The standard InChI is InChI=1S/C14H16ClNO4/c15-10-3-5-11(6-4-10)20-9-7-13(17)16-8-1-2-12(16)14(18)19/h3-6,12H,1-2,7-9H2,(H,18,19)/t12-/m1/s1. The summed E-state index contributed by atoms with van der Waals surface area (Å²) in [6.45, 7) is 0.736. The Hall–Kier alpha value is -1.75. The summed E-state index contributed by atoms with van der Waals surface area (Å²) in [7, 11) is 0. The van der Waals surface area contributed by atoms with Gasteiger partial charge in [0.15, 0.2) is 0 Å². The first kappa shape index (κ1) is 14.7. The summed E-state index contributed by atoms with van der Waals surface area (Å²) >= 11 is 5.76. The van der Waals surface area contributed by atoms with Crippen LogP contribution in [0.4, 0.5) is 0 Å². The van der Waals surface area contributed by atoms with E-state index in [0.29, 0.717) is 23.7 Å². The number of halogens is 1. The van der Waals surface area contributed by atoms with Crippen LogP contribution in [0.2, 0.25) is 5.02 Å². The number of carboxylic acids is 1. The molecule has 0 aliphatic carbocycles. The highest BCUT2D eigenvalue weighted by Gasteiger charge is 2.33. The summed E-state index contributed by atoms with van der Waals surface area (Å²) in [4.78, 5) is 24.4. The van der Waals surface area contributed by atoms with Crippen LogP contribution in [0.5, 0.6) is 5.75 Å². The maximum absolute atomic E-state index is 12.0. The van der Waals surface area contributed by atoms with Gasteiger partial charge in [0.05, 0.1) is 13.0 Å². The molecule has 5 nitrogen and oxygen atoms in total. The van der Waals surface area contributed by atoms with Gasteiger partial charge in [-0.15, -0.1) is 0 Å². The highest BCUT2D eigenvalue weighted by Crippen LogP contribution is 2.19. The Morgan fingerprint density at radius 3 is 2.70 bits per heavy atom. The van der Waals surface area contributed by atoms with Crippen LogP contribution in [0.15, 0.2) is 24.3 Å². The van der Waals surface area contributed by atoms with Crippen molar-refractivity contribution in [3.63, 3.8) is 0 Å². The fourth-order valence-corrected chi connectivity index (χ4v) is 2.38. The van der Waals surface area contributed by atoms with Gasteiger partial charge in [-0.2, -0.15) is 0 Å². The summed E-state index contributed by atoms with van der Waals surface area (Å²) < 4.78 is 5.43. The lowest BCUT2D eigenvalue weighted by Crippen LogP contribution is -2.40. The fourth-order valence-electron chi connectivity index (χ4n) is 2.25. The first-order valence-electron chi connectivity index (χ1n) is 6.48. The Morgan fingerprint density at radius 1 is 1.35 bits per heavy atom. The molecule has 108 valence electrons. The van der Waals surface area contributed by atoms with Crippen molar-refractivity contribution in [3.05, 3.63) is 29.3 Å². The number of carbonyl (C=O) groups is 2. The van der Waals surface area contributed by atoms with Crippen LogP contribution < -0.4 is 4.74 Å². The number of aliphatic carboxylic acids is 1. The normalized spacial score (nSPS) is 18.1. The van der Waals surface area contributed by atoms with Gasteiger partial charge in [0.2, 0.25) is 5.91 Å². The second kappa shape index (κ2) is 6.61. The molecule has 20 heavy (non-hydrogen) atoms. The van der Waals surface area contributed by atoms with Gasteiger partial charge in [0.1, 0.15) is 11.8 Å². The zero-order valence-electron chi connectivity index (χ0n) is 10.9. The Balaban J connectivity index is 1.80. The van der Waals surface area contributed by atoms with Crippen molar-refractivity contribution in [2.45, 2.75) is 25.3 Å². The second-order valence-corrected chi connectivity index (χ2v) is 5.07. The molecule has 1 aliphatic rings. The lowest BCUT2D eigenvalue weighted by atomic mass is 10.2. The SMILES string of the molecule is O=C(O)[C@H]1CCCN1C(=O)CCOc1ccc(Cl)cc1. The van der Waals surface area contributed by atoms with Crippen molar-refractivity contribution in [1.29, 1.82) is 0 Å². The van der Waals surface area contributed by atoms with Crippen LogP contribution in [0, 0.1) is 0 Å². The van der Waals surface area contributed by atoms with Crippen LogP contribution in [0.25, 0.3) is 0 Å². The Kier molecular flexibility index (Phi) is 4.84. The molecule has 0 saturated carbocycles. The molecule has 2 rings (SSSR count). The van der Waals surface area contributed by atoms with Crippen molar-refractivity contribution in [2.24, 2.45) is 0 Å². The number of hydrogen-bond donors (Lipinski definition) is 1. The number of hydrogen-bond acceptors (Lipinski definition) is 3. The first-order valence-corrected chi connectivity index (χ1v) is 6.86. The van der Waals surface area contributed by atoms with Crippen molar-refractivity contribution >= 4 is 23.5 Å². The minimum absolute atomic E-state index is 0.173. The molecule has 1 saturated heterocycles. The van der Waals surface area contributed by atoms with Gasteiger partial charge in [-0.1, -0.05) is 11.6 Å². The lowest BCUT2D eigenvalue weighted by molar-refractivity contribution is -0.148. The zero-order chi connectivity index (χ0) is 14.5. The number of carboxylic acid groups (broad SMARTS) is 1. The van der Waals surface area contributed by atoms with Gasteiger partial charge < -0.3 is 14.7 Å². The van der Waals surface area contributed by atoms with E-state index in [1.807, 2.05) is 0 Å². The van der Waals surface area contributed by atoms with E-state index in [0.717, 1.165) is 6.42 Å². The van der Waals surface area contributed by atoms with E-state index in [4.69, 9.17) is 21.4 Å². The summed E-state index contributed by atoms with van der Waals surface area (Å²) in [6, 6.07) is 6.18. The highest BCUT2D eigenvalue weighted by molar-refractivity contribution is 6.30. The third-order valence-corrected chi connectivity index (χ3v) is 3.51. The molecule has 1 N–H and O–H groups in total. The van der Waals surface area contributed by atoms with Crippen molar-refractivity contribution < 1.29 is 19.4 Å². The molecule has 1 amide bonds. The summed E-state index contributed by atoms with van der Waals surface area (Å²) in [5.74, 6) is -0.475. The van der Waals surface area contributed by atoms with E-state index in [2.05, 4.69) is 0 Å². The first-order chi connectivity index (χ1) is 9.58. The smallest absolute Gasteiger partial charge is 0.326 e. The van der Waals surface area contributed by atoms with Gasteiger partial charge in [-0.25, -0.2) is 4.79 Å². The predicted octanol–water partition coefficient (Wildman–Crippen LogP) is 2.18. The number of benzene rings is 1. The molecule has 0 aromatic heterocycles. The van der Waals surface area contributed by atoms with Crippen LogP contribution in [0.1, 0.15) is 19.3 Å². The molecule has 0 unspecified atom stereocenters. The second-order valence-electron chi connectivity index (χ2n) is 4.64. The maximum Gasteiger partial charge on any atom is 0.326 e. The third-order valence-electron chi connectivity index (χ3n) is 3.26. The Bertz CT molecular complexity index is 488. The molecular weight excluding hydrogens is 282 g/mol. The minimum Gasteiger partial charge on any atom is -0.493 e. The molecule has 1 aliphatic heterocycles. The van der Waals surface area contributed by atoms with Crippen LogP contribution in [-0.4, -0.2) is 41.1 Å². The topological polar surface area (TPSA) is 66.8 Å².